The molecule has 4 aromatic rings. The Balaban J connectivity index is 1.39. The summed E-state index contributed by atoms with van der Waals surface area (Å²) in [6.45, 7) is 4.43. The first kappa shape index (κ1) is 19.0. The van der Waals surface area contributed by atoms with Crippen LogP contribution in [0.25, 0.3) is 16.5 Å². The molecule has 1 aromatic heterocycles. The molecule has 0 saturated carbocycles. The van der Waals surface area contributed by atoms with Crippen molar-refractivity contribution in [3.05, 3.63) is 90.1 Å². The molecule has 0 aliphatic rings. The van der Waals surface area contributed by atoms with Gasteiger partial charge in [0.1, 0.15) is 12.4 Å². The van der Waals surface area contributed by atoms with E-state index in [9.17, 15) is 0 Å². The lowest BCUT2D eigenvalue weighted by molar-refractivity contribution is 0.307. The quantitative estimate of drug-likeness (QED) is 0.247. The van der Waals surface area contributed by atoms with Gasteiger partial charge in [-0.15, -0.1) is 0 Å². The van der Waals surface area contributed by atoms with Crippen LogP contribution in [0.2, 0.25) is 0 Å². The Labute approximate surface area is 172 Å². The third kappa shape index (κ3) is 4.07. The van der Waals surface area contributed by atoms with Gasteiger partial charge in [0.15, 0.2) is 17.3 Å². The molecule has 4 rings (SSSR count). The predicted octanol–water partition coefficient (Wildman–Crippen LogP) is 3.26. The van der Waals surface area contributed by atoms with Crippen LogP contribution in [0.5, 0.6) is 5.75 Å². The third-order valence-corrected chi connectivity index (χ3v) is 4.54. The Hall–Kier alpha value is -4.33. The molecule has 0 spiro atoms. The molecular formula is C22H20N6O2. The molecule has 30 heavy (non-hydrogen) atoms. The smallest absolute Gasteiger partial charge is 0.199 e. The molecule has 8 heteroatoms. The van der Waals surface area contributed by atoms with Crippen LogP contribution in [0.3, 0.4) is 0 Å². The van der Waals surface area contributed by atoms with Gasteiger partial charge in [0, 0.05) is 0 Å². The van der Waals surface area contributed by atoms with E-state index in [0.29, 0.717) is 12.3 Å². The fourth-order valence-corrected chi connectivity index (χ4v) is 2.95. The minimum atomic E-state index is 0.0462. The van der Waals surface area contributed by atoms with E-state index in [1.165, 1.54) is 10.8 Å². The van der Waals surface area contributed by atoms with E-state index in [1.54, 1.807) is 0 Å². The summed E-state index contributed by atoms with van der Waals surface area (Å²) in [6.07, 6.45) is 0. The van der Waals surface area contributed by atoms with Crippen LogP contribution in [0.4, 0.5) is 5.82 Å². The van der Waals surface area contributed by atoms with Crippen molar-refractivity contribution in [3.8, 4) is 5.75 Å². The molecule has 0 aliphatic heterocycles. The lowest BCUT2D eigenvalue weighted by Crippen LogP contribution is -2.20. The molecule has 0 bridgehead atoms. The number of nitrogens with two attached hydrogens (primary N) is 2. The number of rotatable bonds is 7. The zero-order valence-electron chi connectivity index (χ0n) is 16.1. The average Bonchev–Trinajstić information content (AvgIpc) is 3.22. The summed E-state index contributed by atoms with van der Waals surface area (Å²) < 4.78 is 10.5. The van der Waals surface area contributed by atoms with Crippen molar-refractivity contribution in [2.24, 2.45) is 10.8 Å². The number of ether oxygens (including phenoxy) is 1. The molecule has 5 N–H and O–H groups in total. The van der Waals surface area contributed by atoms with Crippen LogP contribution in [-0.2, 0) is 6.61 Å². The summed E-state index contributed by atoms with van der Waals surface area (Å²) >= 11 is 0. The Morgan fingerprint density at radius 3 is 2.57 bits per heavy atom. The number of amidine groups is 1. The summed E-state index contributed by atoms with van der Waals surface area (Å²) in [6, 6.07) is 22.0. The van der Waals surface area contributed by atoms with Crippen LogP contribution in [0, 0.1) is 0 Å². The molecule has 3 aromatic carbocycles. The lowest BCUT2D eigenvalue weighted by atomic mass is 10.1. The van der Waals surface area contributed by atoms with E-state index in [1.807, 2.05) is 42.5 Å². The van der Waals surface area contributed by atoms with Gasteiger partial charge in [0.05, 0.1) is 5.70 Å². The molecule has 1 heterocycles. The number of benzene rings is 3. The van der Waals surface area contributed by atoms with Crippen molar-refractivity contribution >= 4 is 28.1 Å². The molecule has 0 aliphatic carbocycles. The second-order valence-electron chi connectivity index (χ2n) is 6.54. The summed E-state index contributed by atoms with van der Waals surface area (Å²) in [4.78, 5) is 0. The number of nitrogens with one attached hydrogen (secondary N) is 1. The Bertz CT molecular complexity index is 1210. The van der Waals surface area contributed by atoms with Crippen LogP contribution in [-0.4, -0.2) is 16.1 Å². The topological polar surface area (TPSA) is 125 Å². The van der Waals surface area contributed by atoms with Crippen molar-refractivity contribution in [1.29, 1.82) is 0 Å². The first-order chi connectivity index (χ1) is 14.6. The van der Waals surface area contributed by atoms with Crippen molar-refractivity contribution in [1.82, 2.24) is 15.7 Å². The molecule has 150 valence electrons. The zero-order valence-corrected chi connectivity index (χ0v) is 16.1. The number of anilines is 1. The van der Waals surface area contributed by atoms with Gasteiger partial charge in [0.25, 0.3) is 0 Å². The maximum Gasteiger partial charge on any atom is 0.199 e. The summed E-state index contributed by atoms with van der Waals surface area (Å²) in [7, 11) is 0. The highest BCUT2D eigenvalue weighted by Gasteiger charge is 2.10. The van der Waals surface area contributed by atoms with Gasteiger partial charge in [-0.3, -0.25) is 5.43 Å². The van der Waals surface area contributed by atoms with Gasteiger partial charge >= 0.3 is 0 Å². The fraction of sp³-hybridized carbons (Fsp3) is 0.0455. The van der Waals surface area contributed by atoms with Crippen molar-refractivity contribution in [2.75, 3.05) is 5.73 Å². The molecule has 0 fully saturated rings. The third-order valence-electron chi connectivity index (χ3n) is 4.54. The second kappa shape index (κ2) is 8.36. The fourth-order valence-electron chi connectivity index (χ4n) is 2.95. The monoisotopic (exact) mass is 400 g/mol. The van der Waals surface area contributed by atoms with E-state index < -0.39 is 0 Å². The van der Waals surface area contributed by atoms with Gasteiger partial charge in [-0.2, -0.15) is 5.10 Å². The molecule has 8 nitrogen and oxygen atoms in total. The van der Waals surface area contributed by atoms with Crippen LogP contribution in [0.1, 0.15) is 16.8 Å². The summed E-state index contributed by atoms with van der Waals surface area (Å²) in [5, 5.41) is 13.4. The van der Waals surface area contributed by atoms with Crippen LogP contribution in [0.15, 0.2) is 83.0 Å². The van der Waals surface area contributed by atoms with Crippen molar-refractivity contribution in [2.45, 2.75) is 6.61 Å². The second-order valence-corrected chi connectivity index (χ2v) is 6.54. The van der Waals surface area contributed by atoms with Gasteiger partial charge in [-0.1, -0.05) is 49.0 Å². The highest BCUT2D eigenvalue weighted by Crippen LogP contribution is 2.22. The normalized spacial score (nSPS) is 11.4. The number of nitrogens with zero attached hydrogens (tertiary/aromatic N) is 3. The maximum absolute atomic E-state index is 5.96. The molecule has 0 atom stereocenters. The molecule has 0 saturated heterocycles. The average molecular weight is 400 g/mol. The predicted molar refractivity (Wildman–Crippen MR) is 116 cm³/mol. The van der Waals surface area contributed by atoms with E-state index in [-0.39, 0.29) is 17.3 Å². The highest BCUT2D eigenvalue weighted by molar-refractivity contribution is 5.99. The van der Waals surface area contributed by atoms with E-state index in [4.69, 9.17) is 16.2 Å². The minimum Gasteiger partial charge on any atom is -0.489 e. The summed E-state index contributed by atoms with van der Waals surface area (Å²) in [5.41, 5.74) is 16.9. The number of hydrazone groups is 1. The van der Waals surface area contributed by atoms with Gasteiger partial charge in [0.2, 0.25) is 0 Å². The van der Waals surface area contributed by atoms with E-state index >= 15 is 0 Å². The van der Waals surface area contributed by atoms with Crippen LogP contribution >= 0.6 is 0 Å². The van der Waals surface area contributed by atoms with Crippen molar-refractivity contribution < 1.29 is 9.37 Å². The Morgan fingerprint density at radius 2 is 1.80 bits per heavy atom. The molecule has 0 unspecified atom stereocenters. The van der Waals surface area contributed by atoms with Gasteiger partial charge in [-0.05, 0) is 56.5 Å². The number of fused-ring (bicyclic) bond motifs is 1. The maximum atomic E-state index is 5.96. The number of nitrogen functional groups attached to an aromatic ring is 1. The van der Waals surface area contributed by atoms with Gasteiger partial charge in [-0.25, -0.2) is 4.63 Å². The molecule has 0 amide bonds. The molecular weight excluding hydrogens is 380 g/mol. The molecule has 0 radical (unpaired) electrons. The number of hydrogen-bond donors (Lipinski definition) is 3. The number of aromatic nitrogens is 2. The van der Waals surface area contributed by atoms with E-state index in [2.05, 4.69) is 56.3 Å². The first-order valence-corrected chi connectivity index (χ1v) is 9.18. The standard InChI is InChI=1S/C22H20N6O2/c1-14(25-26-21(23)20-22(24)28-30-27-20)15-9-11-18(12-10-15)29-13-17-7-4-6-16-5-2-3-8-19(16)17/h2-12,25H,1,13H2,(H2,23,26)(H2,24,28). The zero-order chi connectivity index (χ0) is 20.9. The first-order valence-electron chi connectivity index (χ1n) is 9.18. The van der Waals surface area contributed by atoms with Gasteiger partial charge < -0.3 is 16.2 Å². The minimum absolute atomic E-state index is 0.0462. The van der Waals surface area contributed by atoms with E-state index in [0.717, 1.165) is 16.9 Å². The van der Waals surface area contributed by atoms with Crippen molar-refractivity contribution in [3.63, 3.8) is 0 Å². The number of hydrogen-bond acceptors (Lipinski definition) is 7. The van der Waals surface area contributed by atoms with Crippen LogP contribution < -0.4 is 21.6 Å². The Kier molecular flexibility index (Phi) is 5.29. The summed E-state index contributed by atoms with van der Waals surface area (Å²) in [5.74, 6) is 0.866. The largest absolute Gasteiger partial charge is 0.489 e. The highest BCUT2D eigenvalue weighted by atomic mass is 16.6. The SMILES string of the molecule is C=C(NN=C(N)c1nonc1N)c1ccc(OCc2cccc3ccccc23)cc1. The Morgan fingerprint density at radius 1 is 1.03 bits per heavy atom. The lowest BCUT2D eigenvalue weighted by Gasteiger charge is -2.10.